The van der Waals surface area contributed by atoms with Crippen LogP contribution in [0.1, 0.15) is 16.9 Å². The van der Waals surface area contributed by atoms with Crippen molar-refractivity contribution in [1.82, 2.24) is 14.9 Å². The zero-order valence-corrected chi connectivity index (χ0v) is 15.3. The lowest BCUT2D eigenvalue weighted by atomic mass is 10.2. The molecular formula is C18H26N6O. The molecule has 0 atom stereocenters. The van der Waals surface area contributed by atoms with Gasteiger partial charge in [0.25, 0.3) is 5.91 Å². The van der Waals surface area contributed by atoms with E-state index in [-0.39, 0.29) is 11.6 Å². The molecule has 0 spiro atoms. The molecule has 0 aliphatic carbocycles. The average molecular weight is 342 g/mol. The van der Waals surface area contributed by atoms with Gasteiger partial charge in [0, 0.05) is 32.0 Å². The maximum absolute atomic E-state index is 12.2. The molecular weight excluding hydrogens is 316 g/mol. The average Bonchev–Trinajstić information content (AvgIpc) is 2.59. The second kappa shape index (κ2) is 8.98. The lowest BCUT2D eigenvalue weighted by Gasteiger charge is -2.13. The highest BCUT2D eigenvalue weighted by molar-refractivity contribution is 6.02. The molecule has 1 amide bonds. The van der Waals surface area contributed by atoms with Crippen LogP contribution in [0.15, 0.2) is 36.7 Å². The fraction of sp³-hybridized carbons (Fsp3) is 0.389. The third-order valence-corrected chi connectivity index (χ3v) is 3.61. The molecule has 0 radical (unpaired) electrons. The lowest BCUT2D eigenvalue weighted by molar-refractivity contribution is 0.102. The second-order valence-electron chi connectivity index (χ2n) is 6.27. The van der Waals surface area contributed by atoms with Crippen LogP contribution < -0.4 is 15.5 Å². The number of rotatable bonds is 8. The van der Waals surface area contributed by atoms with Gasteiger partial charge in [-0.15, -0.1) is 0 Å². The number of amides is 1. The number of benzene rings is 1. The summed E-state index contributed by atoms with van der Waals surface area (Å²) in [4.78, 5) is 24.8. The Balaban J connectivity index is 1.87. The van der Waals surface area contributed by atoms with Crippen LogP contribution >= 0.6 is 0 Å². The van der Waals surface area contributed by atoms with Crippen molar-refractivity contribution in [2.45, 2.75) is 6.42 Å². The molecule has 0 unspecified atom stereocenters. The zero-order chi connectivity index (χ0) is 18.2. The summed E-state index contributed by atoms with van der Waals surface area (Å²) >= 11 is 0. The Kier molecular flexibility index (Phi) is 6.71. The van der Waals surface area contributed by atoms with Crippen molar-refractivity contribution < 1.29 is 4.79 Å². The van der Waals surface area contributed by atoms with E-state index >= 15 is 0 Å². The molecule has 25 heavy (non-hydrogen) atoms. The van der Waals surface area contributed by atoms with Gasteiger partial charge in [-0.3, -0.25) is 4.79 Å². The van der Waals surface area contributed by atoms with Gasteiger partial charge in [-0.2, -0.15) is 0 Å². The molecule has 7 nitrogen and oxygen atoms in total. The highest BCUT2D eigenvalue weighted by Crippen LogP contribution is 2.16. The van der Waals surface area contributed by atoms with E-state index in [1.54, 1.807) is 6.20 Å². The van der Waals surface area contributed by atoms with Crippen molar-refractivity contribution in [3.8, 4) is 0 Å². The van der Waals surface area contributed by atoms with E-state index in [9.17, 15) is 4.79 Å². The summed E-state index contributed by atoms with van der Waals surface area (Å²) in [6.07, 6.45) is 4.08. The Morgan fingerprint density at radius 1 is 1.04 bits per heavy atom. The van der Waals surface area contributed by atoms with Crippen LogP contribution in [-0.4, -0.2) is 62.1 Å². The molecule has 1 heterocycles. The molecule has 1 aromatic carbocycles. The minimum Gasteiger partial charge on any atom is -0.378 e. The molecule has 7 heteroatoms. The number of anilines is 3. The third kappa shape index (κ3) is 6.04. The van der Waals surface area contributed by atoms with Gasteiger partial charge in [-0.05, 0) is 51.3 Å². The quantitative estimate of drug-likeness (QED) is 0.716. The first-order chi connectivity index (χ1) is 12.0. The summed E-state index contributed by atoms with van der Waals surface area (Å²) in [5.74, 6) is 0.398. The molecule has 0 aliphatic rings. The Morgan fingerprint density at radius 3 is 2.32 bits per heavy atom. The molecule has 0 saturated carbocycles. The Hall–Kier alpha value is -2.67. The Bertz CT molecular complexity index is 667. The first-order valence-electron chi connectivity index (χ1n) is 8.25. The van der Waals surface area contributed by atoms with E-state index < -0.39 is 0 Å². The number of hydrogen-bond acceptors (Lipinski definition) is 6. The van der Waals surface area contributed by atoms with Crippen molar-refractivity contribution in [2.75, 3.05) is 56.8 Å². The summed E-state index contributed by atoms with van der Waals surface area (Å²) in [6.45, 7) is 1.82. The number of nitrogens with zero attached hydrogens (tertiary/aromatic N) is 4. The Morgan fingerprint density at radius 2 is 1.76 bits per heavy atom. The van der Waals surface area contributed by atoms with E-state index in [0.29, 0.717) is 5.82 Å². The number of carbonyl (C=O) groups is 1. The maximum Gasteiger partial charge on any atom is 0.275 e. The van der Waals surface area contributed by atoms with Crippen molar-refractivity contribution >= 4 is 23.1 Å². The van der Waals surface area contributed by atoms with Gasteiger partial charge in [0.15, 0.2) is 0 Å². The highest BCUT2D eigenvalue weighted by Gasteiger charge is 2.08. The van der Waals surface area contributed by atoms with Crippen LogP contribution in [0.4, 0.5) is 17.2 Å². The van der Waals surface area contributed by atoms with Crippen molar-refractivity contribution in [3.63, 3.8) is 0 Å². The smallest absolute Gasteiger partial charge is 0.275 e. The second-order valence-corrected chi connectivity index (χ2v) is 6.27. The number of carbonyl (C=O) groups excluding carboxylic acids is 1. The first kappa shape index (κ1) is 18.7. The van der Waals surface area contributed by atoms with Gasteiger partial charge < -0.3 is 20.4 Å². The molecule has 0 saturated heterocycles. The summed E-state index contributed by atoms with van der Waals surface area (Å²) in [5, 5.41) is 6.02. The molecule has 1 aromatic heterocycles. The normalized spacial score (nSPS) is 10.6. The third-order valence-electron chi connectivity index (χ3n) is 3.61. The largest absolute Gasteiger partial charge is 0.378 e. The van der Waals surface area contributed by atoms with E-state index in [4.69, 9.17) is 0 Å². The molecule has 2 aromatic rings. The molecule has 0 fully saturated rings. The number of hydrogen-bond donors (Lipinski definition) is 2. The van der Waals surface area contributed by atoms with Crippen LogP contribution in [0.25, 0.3) is 0 Å². The molecule has 2 N–H and O–H groups in total. The van der Waals surface area contributed by atoms with E-state index in [1.807, 2.05) is 57.4 Å². The van der Waals surface area contributed by atoms with E-state index in [1.165, 1.54) is 6.20 Å². The van der Waals surface area contributed by atoms with Gasteiger partial charge in [0.05, 0.1) is 12.4 Å². The monoisotopic (exact) mass is 342 g/mol. The van der Waals surface area contributed by atoms with E-state index in [2.05, 4.69) is 25.5 Å². The van der Waals surface area contributed by atoms with Crippen molar-refractivity contribution in [1.29, 1.82) is 0 Å². The minimum absolute atomic E-state index is 0.274. The van der Waals surface area contributed by atoms with Crippen LogP contribution in [-0.2, 0) is 0 Å². The van der Waals surface area contributed by atoms with Crippen LogP contribution in [0.5, 0.6) is 0 Å². The Labute approximate surface area is 149 Å². The van der Waals surface area contributed by atoms with Crippen LogP contribution in [0.2, 0.25) is 0 Å². The highest BCUT2D eigenvalue weighted by atomic mass is 16.1. The summed E-state index contributed by atoms with van der Waals surface area (Å²) < 4.78 is 0. The van der Waals surface area contributed by atoms with Crippen molar-refractivity contribution in [3.05, 3.63) is 42.4 Å². The number of nitrogens with one attached hydrogen (secondary N) is 2. The fourth-order valence-corrected chi connectivity index (χ4v) is 2.19. The van der Waals surface area contributed by atoms with Gasteiger partial charge in [0.2, 0.25) is 0 Å². The molecule has 2 rings (SSSR count). The predicted molar refractivity (Wildman–Crippen MR) is 102 cm³/mol. The van der Waals surface area contributed by atoms with Crippen LogP contribution in [0.3, 0.4) is 0 Å². The molecule has 0 bridgehead atoms. The van der Waals surface area contributed by atoms with Crippen molar-refractivity contribution in [2.24, 2.45) is 0 Å². The van der Waals surface area contributed by atoms with E-state index in [0.717, 1.165) is 30.9 Å². The summed E-state index contributed by atoms with van der Waals surface area (Å²) in [6, 6.07) is 7.62. The standard InChI is InChI=1S/C18H26N6O/c1-23(2)11-5-10-19-17-13-20-16(12-21-17)18(25)22-14-6-8-15(9-7-14)24(3)4/h6-9,12-13H,5,10-11H2,1-4H3,(H,19,21)(H,22,25). The van der Waals surface area contributed by atoms with Gasteiger partial charge in [-0.25, -0.2) is 9.97 Å². The topological polar surface area (TPSA) is 73.4 Å². The lowest BCUT2D eigenvalue weighted by Crippen LogP contribution is -2.17. The predicted octanol–water partition coefficient (Wildman–Crippen LogP) is 2.16. The molecule has 0 aliphatic heterocycles. The van der Waals surface area contributed by atoms with Gasteiger partial charge in [0.1, 0.15) is 11.5 Å². The SMILES string of the molecule is CN(C)CCCNc1cnc(C(=O)Nc2ccc(N(C)C)cc2)cn1. The summed E-state index contributed by atoms with van der Waals surface area (Å²) in [5.41, 5.74) is 2.08. The first-order valence-corrected chi connectivity index (χ1v) is 8.25. The van der Waals surface area contributed by atoms with Gasteiger partial charge in [-0.1, -0.05) is 0 Å². The minimum atomic E-state index is -0.274. The van der Waals surface area contributed by atoms with Gasteiger partial charge >= 0.3 is 0 Å². The van der Waals surface area contributed by atoms with Crippen LogP contribution in [0, 0.1) is 0 Å². The fourth-order valence-electron chi connectivity index (χ4n) is 2.19. The number of aromatic nitrogens is 2. The summed E-state index contributed by atoms with van der Waals surface area (Å²) in [7, 11) is 8.03. The maximum atomic E-state index is 12.2. The molecule has 134 valence electrons. The zero-order valence-electron chi connectivity index (χ0n) is 15.3.